The molecule has 4 aromatic rings. The lowest BCUT2D eigenvalue weighted by molar-refractivity contribution is -0.136. The van der Waals surface area contributed by atoms with Crippen molar-refractivity contribution in [2.24, 2.45) is 7.05 Å². The molecule has 292 valence electrons. The Balaban J connectivity index is 0.945. The largest absolute Gasteiger partial charge is 0.494 e. The van der Waals surface area contributed by atoms with Gasteiger partial charge in [0.05, 0.1) is 41.7 Å². The summed E-state index contributed by atoms with van der Waals surface area (Å²) in [6.07, 6.45) is 5.09. The third kappa shape index (κ3) is 8.62. The molecule has 1 unspecified atom stereocenters. The van der Waals surface area contributed by atoms with Crippen LogP contribution in [-0.2, 0) is 21.4 Å². The Morgan fingerprint density at radius 1 is 0.929 bits per heavy atom. The summed E-state index contributed by atoms with van der Waals surface area (Å²) >= 11 is 0. The van der Waals surface area contributed by atoms with Crippen LogP contribution in [0.2, 0.25) is 0 Å². The molecule has 0 spiro atoms. The highest BCUT2D eigenvalue weighted by Crippen LogP contribution is 2.37. The smallest absolute Gasteiger partial charge is 0.273 e. The summed E-state index contributed by atoms with van der Waals surface area (Å²) in [5.74, 6) is -1.96. The Bertz CT molecular complexity index is 2170. The van der Waals surface area contributed by atoms with Gasteiger partial charge in [0.1, 0.15) is 12.4 Å². The number of piperidine rings is 1. The number of rotatable bonds is 17. The van der Waals surface area contributed by atoms with Crippen molar-refractivity contribution in [1.29, 1.82) is 0 Å². The van der Waals surface area contributed by atoms with Gasteiger partial charge in [-0.3, -0.25) is 43.7 Å². The minimum atomic E-state index is -1.02. The van der Waals surface area contributed by atoms with E-state index in [1.54, 1.807) is 48.4 Å². The first-order chi connectivity index (χ1) is 27.1. The number of benzene rings is 2. The molecule has 2 aliphatic heterocycles. The second-order valence-electron chi connectivity index (χ2n) is 13.1. The van der Waals surface area contributed by atoms with E-state index in [0.29, 0.717) is 41.6 Å². The molecule has 0 aliphatic carbocycles. The van der Waals surface area contributed by atoms with E-state index in [-0.39, 0.29) is 53.6 Å². The maximum Gasteiger partial charge on any atom is 0.273 e. The highest BCUT2D eigenvalue weighted by Gasteiger charge is 2.45. The first kappa shape index (κ1) is 38.9. The Morgan fingerprint density at radius 3 is 2.39 bits per heavy atom. The fraction of sp³-hybridized carbons (Fsp3) is 0.351. The van der Waals surface area contributed by atoms with Gasteiger partial charge in [-0.25, -0.2) is 4.98 Å². The fourth-order valence-corrected chi connectivity index (χ4v) is 6.48. The maximum atomic E-state index is 13.3. The fourth-order valence-electron chi connectivity index (χ4n) is 6.48. The quantitative estimate of drug-likeness (QED) is 0.0665. The van der Waals surface area contributed by atoms with Crippen molar-refractivity contribution < 1.29 is 33.5 Å². The Labute approximate surface area is 321 Å². The first-order valence-electron chi connectivity index (χ1n) is 18.1. The first-order valence-corrected chi connectivity index (χ1v) is 18.1. The number of hydrogen-bond donors (Lipinski definition) is 6. The van der Waals surface area contributed by atoms with Gasteiger partial charge in [0.15, 0.2) is 23.1 Å². The summed E-state index contributed by atoms with van der Waals surface area (Å²) in [4.78, 5) is 81.0. The summed E-state index contributed by atoms with van der Waals surface area (Å²) in [6, 6.07) is 10.8. The number of aryl methyl sites for hydroxylation is 1. The number of hydrogen-bond acceptors (Lipinski definition) is 14. The van der Waals surface area contributed by atoms with E-state index in [9.17, 15) is 28.8 Å². The molecule has 2 aromatic heterocycles. The van der Waals surface area contributed by atoms with Crippen LogP contribution in [0, 0.1) is 0 Å². The van der Waals surface area contributed by atoms with Gasteiger partial charge in [-0.05, 0) is 50.1 Å². The van der Waals surface area contributed by atoms with Crippen molar-refractivity contribution >= 4 is 58.3 Å². The molecule has 4 heterocycles. The molecule has 19 nitrogen and oxygen atoms in total. The van der Waals surface area contributed by atoms with Crippen LogP contribution in [0.25, 0.3) is 11.4 Å². The van der Waals surface area contributed by atoms with Crippen LogP contribution in [-0.4, -0.2) is 105 Å². The number of ether oxygens (including phenoxy) is 1. The van der Waals surface area contributed by atoms with Crippen molar-refractivity contribution in [2.75, 3.05) is 49.7 Å². The second-order valence-corrected chi connectivity index (χ2v) is 13.1. The Kier molecular flexibility index (Phi) is 12.2. The summed E-state index contributed by atoms with van der Waals surface area (Å²) < 4.78 is 7.26. The molecule has 1 saturated heterocycles. The summed E-state index contributed by atoms with van der Waals surface area (Å²) in [5, 5.41) is 29.5. The maximum absolute atomic E-state index is 13.3. The molecule has 6 amide bonds. The van der Waals surface area contributed by atoms with Crippen LogP contribution in [0.5, 0.6) is 5.75 Å². The average Bonchev–Trinajstić information content (AvgIpc) is 3.73. The predicted octanol–water partition coefficient (Wildman–Crippen LogP) is 1.99. The molecule has 6 N–H and O–H groups in total. The van der Waals surface area contributed by atoms with Crippen molar-refractivity contribution in [3.8, 4) is 17.1 Å². The van der Waals surface area contributed by atoms with E-state index in [2.05, 4.69) is 52.2 Å². The number of unbranched alkanes of at least 4 members (excludes halogenated alkanes) is 3. The topological polar surface area (TPSA) is 244 Å². The summed E-state index contributed by atoms with van der Waals surface area (Å²) in [6.45, 7) is 1.18. The van der Waals surface area contributed by atoms with Gasteiger partial charge < -0.3 is 31.3 Å². The SMILES string of the molecule is CNC(=O)c1nnc(NC(=O)CNCCCCCCNc2cccc3c2C(=O)N(C2CCC(=O)NC2=O)C3=O)cc1Nc1cccc(-c2ncn(C)n2)c1OC. The van der Waals surface area contributed by atoms with Crippen molar-refractivity contribution in [3.63, 3.8) is 0 Å². The molecule has 0 radical (unpaired) electrons. The van der Waals surface area contributed by atoms with E-state index in [1.165, 1.54) is 20.2 Å². The molecular weight excluding hydrogens is 724 g/mol. The van der Waals surface area contributed by atoms with Gasteiger partial charge in [-0.15, -0.1) is 10.2 Å². The highest BCUT2D eigenvalue weighted by atomic mass is 16.5. The normalized spacial score (nSPS) is 15.0. The number of amides is 6. The lowest BCUT2D eigenvalue weighted by Crippen LogP contribution is -2.54. The lowest BCUT2D eigenvalue weighted by atomic mass is 10.0. The van der Waals surface area contributed by atoms with Gasteiger partial charge in [-0.1, -0.05) is 25.0 Å². The standard InChI is InChI=1S/C37H42N12O7/c1-38-35(53)31-25(42-24-13-9-11-22(32(24)56-3)33-41-20-48(2)47-33)18-27(45-46-31)43-29(51)19-39-16-6-4-5-7-17-40-23-12-8-10-21-30(23)37(55)49(36(21)54)26-14-15-28(50)44-34(26)52/h8-13,18,20,26,39-40H,4-7,14-17,19H2,1-3H3,(H,38,53)(H,44,50,52)(H2,42,43,45,51). The van der Waals surface area contributed by atoms with Crippen molar-refractivity contribution in [2.45, 2.75) is 44.6 Å². The molecular formula is C37H42N12O7. The molecule has 1 atom stereocenters. The highest BCUT2D eigenvalue weighted by molar-refractivity contribution is 6.25. The van der Waals surface area contributed by atoms with Crippen LogP contribution in [0.3, 0.4) is 0 Å². The molecule has 6 rings (SSSR count). The Hall–Kier alpha value is -6.76. The molecule has 2 aliphatic rings. The molecule has 0 bridgehead atoms. The van der Waals surface area contributed by atoms with Crippen LogP contribution in [0.1, 0.15) is 69.7 Å². The number of carbonyl (C=O) groups excluding carboxylic acids is 6. The van der Waals surface area contributed by atoms with E-state index in [4.69, 9.17) is 4.74 Å². The van der Waals surface area contributed by atoms with Crippen molar-refractivity contribution in [3.05, 3.63) is 65.6 Å². The van der Waals surface area contributed by atoms with Crippen molar-refractivity contribution in [1.82, 2.24) is 45.8 Å². The number of methoxy groups -OCH3 is 1. The van der Waals surface area contributed by atoms with E-state index < -0.39 is 35.6 Å². The minimum absolute atomic E-state index is 0.00920. The van der Waals surface area contributed by atoms with Gasteiger partial charge in [0, 0.05) is 38.8 Å². The van der Waals surface area contributed by atoms with Gasteiger partial charge in [0.25, 0.3) is 17.7 Å². The molecule has 0 saturated carbocycles. The Morgan fingerprint density at radius 2 is 1.68 bits per heavy atom. The van der Waals surface area contributed by atoms with Crippen LogP contribution < -0.4 is 36.6 Å². The number of anilines is 4. The zero-order chi connectivity index (χ0) is 39.8. The van der Waals surface area contributed by atoms with E-state index >= 15 is 0 Å². The third-order valence-corrected chi connectivity index (χ3v) is 9.18. The number of aromatic nitrogens is 5. The van der Waals surface area contributed by atoms with Crippen LogP contribution >= 0.6 is 0 Å². The third-order valence-electron chi connectivity index (χ3n) is 9.18. The van der Waals surface area contributed by atoms with E-state index in [1.807, 2.05) is 6.07 Å². The molecule has 2 aromatic carbocycles. The predicted molar refractivity (Wildman–Crippen MR) is 203 cm³/mol. The molecule has 1 fully saturated rings. The average molecular weight is 767 g/mol. The summed E-state index contributed by atoms with van der Waals surface area (Å²) in [7, 11) is 4.75. The summed E-state index contributed by atoms with van der Waals surface area (Å²) in [5.41, 5.74) is 2.42. The van der Waals surface area contributed by atoms with Crippen LogP contribution in [0.4, 0.5) is 22.9 Å². The second kappa shape index (κ2) is 17.6. The number of para-hydroxylation sites is 1. The number of nitrogens with zero attached hydrogens (tertiary/aromatic N) is 6. The molecule has 19 heteroatoms. The number of nitrogens with one attached hydrogen (secondary N) is 6. The zero-order valence-electron chi connectivity index (χ0n) is 31.1. The monoisotopic (exact) mass is 766 g/mol. The number of imide groups is 2. The lowest BCUT2D eigenvalue weighted by Gasteiger charge is -2.27. The molecule has 56 heavy (non-hydrogen) atoms. The zero-order valence-corrected chi connectivity index (χ0v) is 31.1. The number of carbonyl (C=O) groups is 6. The van der Waals surface area contributed by atoms with Gasteiger partial charge in [-0.2, -0.15) is 5.10 Å². The van der Waals surface area contributed by atoms with Gasteiger partial charge >= 0.3 is 0 Å². The van der Waals surface area contributed by atoms with E-state index in [0.717, 1.165) is 30.6 Å². The van der Waals surface area contributed by atoms with Crippen LogP contribution in [0.15, 0.2) is 48.8 Å². The van der Waals surface area contributed by atoms with Gasteiger partial charge in [0.2, 0.25) is 17.7 Å². The minimum Gasteiger partial charge on any atom is -0.494 e. The number of fused-ring (bicyclic) bond motifs is 1.